The minimum Gasteiger partial charge on any atom is -0.508 e. The van der Waals surface area contributed by atoms with Gasteiger partial charge in [0, 0.05) is 18.9 Å². The zero-order chi connectivity index (χ0) is 20.6. The molecule has 1 aromatic rings. The number of phenols is 2. The second-order valence-electron chi connectivity index (χ2n) is 7.61. The number of rotatable bonds is 10. The van der Waals surface area contributed by atoms with Crippen LogP contribution in [0.3, 0.4) is 0 Å². The Bertz CT molecular complexity index is 767. The third-order valence-electron chi connectivity index (χ3n) is 4.45. The zero-order valence-electron chi connectivity index (χ0n) is 16.7. The van der Waals surface area contributed by atoms with Crippen molar-refractivity contribution in [2.24, 2.45) is 5.41 Å². The van der Waals surface area contributed by atoms with Crippen LogP contribution in [0, 0.1) is 5.41 Å². The molecule has 0 aliphatic heterocycles. The molecule has 0 saturated carbocycles. The number of benzene rings is 1. The van der Waals surface area contributed by atoms with Crippen molar-refractivity contribution >= 4 is 11.6 Å². The number of hydrogen-bond donors (Lipinski definition) is 2. The van der Waals surface area contributed by atoms with Gasteiger partial charge < -0.3 is 10.2 Å². The molecule has 0 radical (unpaired) electrons. The lowest BCUT2D eigenvalue weighted by Gasteiger charge is -2.24. The zero-order valence-corrected chi connectivity index (χ0v) is 16.7. The first-order chi connectivity index (χ1) is 12.6. The summed E-state index contributed by atoms with van der Waals surface area (Å²) in [6.45, 7) is 11.5. The molecule has 0 bridgehead atoms. The molecule has 27 heavy (non-hydrogen) atoms. The van der Waals surface area contributed by atoms with E-state index in [4.69, 9.17) is 0 Å². The van der Waals surface area contributed by atoms with Crippen molar-refractivity contribution in [2.45, 2.75) is 53.4 Å². The number of allylic oxidation sites excluding steroid dienone is 5. The van der Waals surface area contributed by atoms with E-state index in [0.717, 1.165) is 23.6 Å². The summed E-state index contributed by atoms with van der Waals surface area (Å²) in [5.74, 6) is -0.415. The number of aromatic hydroxyl groups is 2. The van der Waals surface area contributed by atoms with Crippen LogP contribution in [0.5, 0.6) is 11.5 Å². The van der Waals surface area contributed by atoms with E-state index in [2.05, 4.69) is 6.58 Å². The summed E-state index contributed by atoms with van der Waals surface area (Å²) >= 11 is 0. The Morgan fingerprint density at radius 2 is 1.85 bits per heavy atom. The van der Waals surface area contributed by atoms with Crippen molar-refractivity contribution in [2.75, 3.05) is 0 Å². The number of phenolic OH excluding ortho intramolecular Hbond substituents is 2. The van der Waals surface area contributed by atoms with Gasteiger partial charge in [-0.05, 0) is 57.2 Å². The molecule has 1 rings (SSSR count). The smallest absolute Gasteiger partial charge is 0.167 e. The fraction of sp³-hybridized carbons (Fsp3) is 0.391. The molecule has 1 unspecified atom stereocenters. The van der Waals surface area contributed by atoms with Crippen LogP contribution in [-0.4, -0.2) is 21.8 Å². The summed E-state index contributed by atoms with van der Waals surface area (Å²) in [6, 6.07) is 3.97. The Labute approximate surface area is 161 Å². The monoisotopic (exact) mass is 370 g/mol. The van der Waals surface area contributed by atoms with Gasteiger partial charge in [-0.15, -0.1) is 6.58 Å². The molecule has 0 amide bonds. The normalized spacial score (nSPS) is 13.6. The van der Waals surface area contributed by atoms with Gasteiger partial charge in [0.25, 0.3) is 0 Å². The number of ketones is 2. The van der Waals surface area contributed by atoms with E-state index < -0.39 is 5.41 Å². The van der Waals surface area contributed by atoms with Gasteiger partial charge in [0.2, 0.25) is 0 Å². The fourth-order valence-corrected chi connectivity index (χ4v) is 2.85. The summed E-state index contributed by atoms with van der Waals surface area (Å²) in [5.41, 5.74) is 1.76. The molecule has 1 atom stereocenters. The van der Waals surface area contributed by atoms with Crippen LogP contribution in [0.1, 0.15) is 63.7 Å². The summed E-state index contributed by atoms with van der Waals surface area (Å²) in [4.78, 5) is 24.4. The Balaban J connectivity index is 2.71. The lowest BCUT2D eigenvalue weighted by Crippen LogP contribution is -2.18. The SMILES string of the molecule is C=CC(C)(CC/C=C(\C)CC(=O)C=C(C)C)CC(=O)c1ccc(O)cc1O. The van der Waals surface area contributed by atoms with E-state index in [1.54, 1.807) is 12.2 Å². The molecular weight excluding hydrogens is 340 g/mol. The highest BCUT2D eigenvalue weighted by Crippen LogP contribution is 2.33. The minimum atomic E-state index is -0.428. The van der Waals surface area contributed by atoms with Crippen LogP contribution in [0.15, 0.2) is 54.2 Å². The molecule has 2 N–H and O–H groups in total. The molecule has 0 aromatic heterocycles. The van der Waals surface area contributed by atoms with Crippen LogP contribution < -0.4 is 0 Å². The van der Waals surface area contributed by atoms with Crippen LogP contribution in [-0.2, 0) is 4.79 Å². The molecule has 0 aliphatic rings. The summed E-state index contributed by atoms with van der Waals surface area (Å²) < 4.78 is 0. The number of carbonyl (C=O) groups excluding carboxylic acids is 2. The standard InChI is InChI=1S/C23H30O4/c1-6-23(5,11-7-8-17(4)13-19(25)12-16(2)3)15-22(27)20-10-9-18(24)14-21(20)26/h6,8-10,12,14,24,26H,1,7,11,13,15H2,2-5H3/b17-8+. The van der Waals surface area contributed by atoms with Crippen LogP contribution in [0.25, 0.3) is 0 Å². The average molecular weight is 370 g/mol. The van der Waals surface area contributed by atoms with Crippen molar-refractivity contribution in [3.8, 4) is 11.5 Å². The van der Waals surface area contributed by atoms with Gasteiger partial charge in [0.1, 0.15) is 11.5 Å². The Kier molecular flexibility index (Phi) is 8.23. The molecule has 146 valence electrons. The number of Topliss-reactive ketones (excluding diaryl/α,β-unsaturated/α-hetero) is 1. The van der Waals surface area contributed by atoms with E-state index in [1.807, 2.05) is 33.8 Å². The Hall–Kier alpha value is -2.62. The van der Waals surface area contributed by atoms with Crippen LogP contribution >= 0.6 is 0 Å². The first kappa shape index (κ1) is 22.4. The van der Waals surface area contributed by atoms with Gasteiger partial charge in [-0.3, -0.25) is 9.59 Å². The molecule has 0 saturated heterocycles. The van der Waals surface area contributed by atoms with Gasteiger partial charge >= 0.3 is 0 Å². The minimum absolute atomic E-state index is 0.0844. The predicted molar refractivity (Wildman–Crippen MR) is 109 cm³/mol. The predicted octanol–water partition coefficient (Wildman–Crippen LogP) is 5.51. The summed E-state index contributed by atoms with van der Waals surface area (Å²) in [6.07, 6.45) is 7.48. The summed E-state index contributed by atoms with van der Waals surface area (Å²) in [5, 5.41) is 19.2. The van der Waals surface area contributed by atoms with E-state index >= 15 is 0 Å². The summed E-state index contributed by atoms with van der Waals surface area (Å²) in [7, 11) is 0. The highest BCUT2D eigenvalue weighted by atomic mass is 16.3. The largest absolute Gasteiger partial charge is 0.508 e. The van der Waals surface area contributed by atoms with Crippen molar-refractivity contribution in [1.29, 1.82) is 0 Å². The van der Waals surface area contributed by atoms with Crippen molar-refractivity contribution in [3.63, 3.8) is 0 Å². The van der Waals surface area contributed by atoms with E-state index in [9.17, 15) is 19.8 Å². The molecular formula is C23H30O4. The second-order valence-corrected chi connectivity index (χ2v) is 7.61. The average Bonchev–Trinajstić information content (AvgIpc) is 2.53. The van der Waals surface area contributed by atoms with E-state index in [-0.39, 0.29) is 35.0 Å². The second kappa shape index (κ2) is 9.91. The molecule has 4 heteroatoms. The maximum absolute atomic E-state index is 12.5. The molecule has 0 spiro atoms. The van der Waals surface area contributed by atoms with Gasteiger partial charge in [-0.2, -0.15) is 0 Å². The van der Waals surface area contributed by atoms with Crippen LogP contribution in [0.4, 0.5) is 0 Å². The van der Waals surface area contributed by atoms with Gasteiger partial charge in [-0.1, -0.05) is 30.2 Å². The maximum Gasteiger partial charge on any atom is 0.167 e. The van der Waals surface area contributed by atoms with Gasteiger partial charge in [0.15, 0.2) is 11.6 Å². The molecule has 4 nitrogen and oxygen atoms in total. The third kappa shape index (κ3) is 7.65. The van der Waals surface area contributed by atoms with Crippen LogP contribution in [0.2, 0.25) is 0 Å². The van der Waals surface area contributed by atoms with Crippen molar-refractivity contribution in [1.82, 2.24) is 0 Å². The number of carbonyl (C=O) groups is 2. The first-order valence-corrected chi connectivity index (χ1v) is 9.08. The van der Waals surface area contributed by atoms with Crippen molar-refractivity contribution in [3.05, 3.63) is 59.7 Å². The third-order valence-corrected chi connectivity index (χ3v) is 4.45. The molecule has 0 fully saturated rings. The topological polar surface area (TPSA) is 74.6 Å². The van der Waals surface area contributed by atoms with E-state index in [0.29, 0.717) is 12.8 Å². The highest BCUT2D eigenvalue weighted by Gasteiger charge is 2.25. The highest BCUT2D eigenvalue weighted by molar-refractivity contribution is 5.99. The Morgan fingerprint density at radius 1 is 1.19 bits per heavy atom. The number of hydrogen-bond acceptors (Lipinski definition) is 4. The molecule has 1 aromatic carbocycles. The fourth-order valence-electron chi connectivity index (χ4n) is 2.85. The maximum atomic E-state index is 12.5. The lowest BCUT2D eigenvalue weighted by atomic mass is 9.79. The molecule has 0 heterocycles. The Morgan fingerprint density at radius 3 is 2.41 bits per heavy atom. The molecule has 0 aliphatic carbocycles. The lowest BCUT2D eigenvalue weighted by molar-refractivity contribution is -0.114. The van der Waals surface area contributed by atoms with E-state index in [1.165, 1.54) is 12.1 Å². The van der Waals surface area contributed by atoms with Crippen molar-refractivity contribution < 1.29 is 19.8 Å². The van der Waals surface area contributed by atoms with Gasteiger partial charge in [-0.25, -0.2) is 0 Å². The first-order valence-electron chi connectivity index (χ1n) is 9.08. The van der Waals surface area contributed by atoms with Gasteiger partial charge in [0.05, 0.1) is 5.56 Å². The quantitative estimate of drug-likeness (QED) is 0.323.